The maximum absolute atomic E-state index is 12.5. The van der Waals surface area contributed by atoms with E-state index in [1.807, 2.05) is 29.2 Å². The minimum absolute atomic E-state index is 0. The topological polar surface area (TPSA) is 50.8 Å². The molecule has 2 aliphatic heterocycles. The number of nitrogens with zero attached hydrogens (tertiary/aromatic N) is 1. The third-order valence-corrected chi connectivity index (χ3v) is 4.09. The van der Waals surface area contributed by atoms with Crippen LogP contribution < -0.4 is 5.32 Å². The predicted octanol–water partition coefficient (Wildman–Crippen LogP) is 1.65. The second-order valence-electron chi connectivity index (χ2n) is 5.28. The monoisotopic (exact) mass is 346 g/mol. The number of rotatable bonds is 2. The SMILES string of the molecule is Cl.O=C(C1COCCN1)N1CCOC(c2ccc(Cl)cc2)C1. The number of nitrogens with one attached hydrogen (secondary N) is 1. The van der Waals surface area contributed by atoms with E-state index in [1.165, 1.54) is 0 Å². The van der Waals surface area contributed by atoms with E-state index in [9.17, 15) is 4.79 Å². The molecule has 122 valence electrons. The van der Waals surface area contributed by atoms with Crippen LogP contribution in [-0.4, -0.2) is 56.3 Å². The van der Waals surface area contributed by atoms with Gasteiger partial charge in [-0.3, -0.25) is 4.79 Å². The Morgan fingerprint density at radius 1 is 1.27 bits per heavy atom. The first-order valence-corrected chi connectivity index (χ1v) is 7.59. The summed E-state index contributed by atoms with van der Waals surface area (Å²) in [7, 11) is 0. The van der Waals surface area contributed by atoms with Crippen molar-refractivity contribution in [3.8, 4) is 0 Å². The van der Waals surface area contributed by atoms with Crippen LogP contribution in [0.5, 0.6) is 0 Å². The number of benzene rings is 1. The van der Waals surface area contributed by atoms with Crippen molar-refractivity contribution in [2.75, 3.05) is 39.5 Å². The fourth-order valence-corrected chi connectivity index (χ4v) is 2.80. The number of amides is 1. The zero-order valence-electron chi connectivity index (χ0n) is 12.2. The van der Waals surface area contributed by atoms with Gasteiger partial charge in [0.25, 0.3) is 0 Å². The van der Waals surface area contributed by atoms with Crippen molar-refractivity contribution in [2.45, 2.75) is 12.1 Å². The van der Waals surface area contributed by atoms with Crippen molar-refractivity contribution >= 4 is 29.9 Å². The lowest BCUT2D eigenvalue weighted by atomic mass is 10.1. The molecule has 1 aromatic rings. The molecule has 3 rings (SSSR count). The van der Waals surface area contributed by atoms with Crippen molar-refractivity contribution in [3.63, 3.8) is 0 Å². The molecule has 1 amide bonds. The molecule has 2 heterocycles. The van der Waals surface area contributed by atoms with Gasteiger partial charge in [0.2, 0.25) is 5.91 Å². The van der Waals surface area contributed by atoms with Crippen molar-refractivity contribution in [3.05, 3.63) is 34.9 Å². The van der Waals surface area contributed by atoms with Gasteiger partial charge in [-0.05, 0) is 17.7 Å². The van der Waals surface area contributed by atoms with Crippen molar-refractivity contribution in [1.82, 2.24) is 10.2 Å². The van der Waals surface area contributed by atoms with Crippen LogP contribution in [0.25, 0.3) is 0 Å². The fourth-order valence-electron chi connectivity index (χ4n) is 2.67. The van der Waals surface area contributed by atoms with E-state index < -0.39 is 0 Å². The van der Waals surface area contributed by atoms with Crippen LogP contribution >= 0.6 is 24.0 Å². The fraction of sp³-hybridized carbons (Fsp3) is 0.533. The average Bonchev–Trinajstić information content (AvgIpc) is 2.56. The first-order chi connectivity index (χ1) is 10.2. The number of hydrogen-bond acceptors (Lipinski definition) is 4. The lowest BCUT2D eigenvalue weighted by molar-refractivity contribution is -0.144. The van der Waals surface area contributed by atoms with Gasteiger partial charge in [0.15, 0.2) is 0 Å². The molecule has 2 atom stereocenters. The van der Waals surface area contributed by atoms with Crippen LogP contribution in [0.2, 0.25) is 5.02 Å². The summed E-state index contributed by atoms with van der Waals surface area (Å²) in [6.07, 6.45) is -0.0931. The highest BCUT2D eigenvalue weighted by Crippen LogP contribution is 2.24. The van der Waals surface area contributed by atoms with Crippen LogP contribution in [0, 0.1) is 0 Å². The summed E-state index contributed by atoms with van der Waals surface area (Å²) in [5.74, 6) is 0.0944. The van der Waals surface area contributed by atoms with Gasteiger partial charge in [-0.25, -0.2) is 0 Å². The van der Waals surface area contributed by atoms with E-state index in [-0.39, 0.29) is 30.5 Å². The third kappa shape index (κ3) is 4.12. The molecule has 7 heteroatoms. The minimum Gasteiger partial charge on any atom is -0.378 e. The van der Waals surface area contributed by atoms with Gasteiger partial charge in [0.05, 0.1) is 26.4 Å². The highest BCUT2D eigenvalue weighted by atomic mass is 35.5. The Morgan fingerprint density at radius 3 is 2.73 bits per heavy atom. The average molecular weight is 347 g/mol. The smallest absolute Gasteiger partial charge is 0.242 e. The van der Waals surface area contributed by atoms with Gasteiger partial charge in [0, 0.05) is 18.1 Å². The molecule has 5 nitrogen and oxygen atoms in total. The summed E-state index contributed by atoms with van der Waals surface area (Å²) in [5, 5.41) is 3.90. The first kappa shape index (κ1) is 17.5. The number of morpholine rings is 2. The molecule has 0 aliphatic carbocycles. The Balaban J connectivity index is 0.00000176. The molecule has 0 radical (unpaired) electrons. The standard InChI is InChI=1S/C15H19ClN2O3.ClH/c16-12-3-1-11(2-4-12)14-9-18(6-8-21-14)15(19)13-10-20-7-5-17-13;/h1-4,13-14,17H,5-10H2;1H. The Hall–Kier alpha value is -0.850. The van der Waals surface area contributed by atoms with E-state index in [4.69, 9.17) is 21.1 Å². The van der Waals surface area contributed by atoms with Gasteiger partial charge < -0.3 is 19.7 Å². The molecule has 1 N–H and O–H groups in total. The van der Waals surface area contributed by atoms with Crippen LogP contribution in [0.4, 0.5) is 0 Å². The van der Waals surface area contributed by atoms with Gasteiger partial charge in [-0.2, -0.15) is 0 Å². The molecule has 0 saturated carbocycles. The first-order valence-electron chi connectivity index (χ1n) is 7.21. The van der Waals surface area contributed by atoms with Crippen LogP contribution in [0.1, 0.15) is 11.7 Å². The second kappa shape index (κ2) is 8.13. The molecule has 2 unspecified atom stereocenters. The van der Waals surface area contributed by atoms with Gasteiger partial charge in [-0.15, -0.1) is 12.4 Å². The predicted molar refractivity (Wildman–Crippen MR) is 86.6 cm³/mol. The molecule has 2 aliphatic rings. The molecule has 0 aromatic heterocycles. The zero-order chi connectivity index (χ0) is 14.7. The number of ether oxygens (including phenoxy) is 2. The summed E-state index contributed by atoms with van der Waals surface area (Å²) in [4.78, 5) is 14.3. The lowest BCUT2D eigenvalue weighted by Crippen LogP contribution is -2.55. The summed E-state index contributed by atoms with van der Waals surface area (Å²) in [6, 6.07) is 7.35. The van der Waals surface area contributed by atoms with Crippen molar-refractivity contribution < 1.29 is 14.3 Å². The number of halogens is 2. The lowest BCUT2D eigenvalue weighted by Gasteiger charge is -2.36. The quantitative estimate of drug-likeness (QED) is 0.884. The van der Waals surface area contributed by atoms with E-state index in [0.29, 0.717) is 37.9 Å². The highest BCUT2D eigenvalue weighted by Gasteiger charge is 2.30. The van der Waals surface area contributed by atoms with Crippen molar-refractivity contribution in [1.29, 1.82) is 0 Å². The zero-order valence-corrected chi connectivity index (χ0v) is 13.7. The molecule has 1 aromatic carbocycles. The molecule has 2 saturated heterocycles. The van der Waals surface area contributed by atoms with E-state index in [2.05, 4.69) is 5.32 Å². The second-order valence-corrected chi connectivity index (χ2v) is 5.71. The molecule has 0 spiro atoms. The molecular weight excluding hydrogens is 327 g/mol. The number of carbonyl (C=O) groups is 1. The Bertz CT molecular complexity index is 492. The maximum atomic E-state index is 12.5. The van der Waals surface area contributed by atoms with E-state index >= 15 is 0 Å². The van der Waals surface area contributed by atoms with Crippen molar-refractivity contribution in [2.24, 2.45) is 0 Å². The van der Waals surface area contributed by atoms with Crippen LogP contribution in [-0.2, 0) is 14.3 Å². The molecular formula is C15H20Cl2N2O3. The summed E-state index contributed by atoms with van der Waals surface area (Å²) < 4.78 is 11.1. The molecule has 0 bridgehead atoms. The molecule has 22 heavy (non-hydrogen) atoms. The Kier molecular flexibility index (Phi) is 6.47. The number of carbonyl (C=O) groups excluding carboxylic acids is 1. The van der Waals surface area contributed by atoms with Crippen LogP contribution in [0.15, 0.2) is 24.3 Å². The third-order valence-electron chi connectivity index (χ3n) is 3.84. The Morgan fingerprint density at radius 2 is 2.05 bits per heavy atom. The van der Waals surface area contributed by atoms with Gasteiger partial charge in [-0.1, -0.05) is 23.7 Å². The normalized spacial score (nSPS) is 25.4. The minimum atomic E-state index is -0.234. The summed E-state index contributed by atoms with van der Waals surface area (Å²) in [6.45, 7) is 3.58. The molecule has 2 fully saturated rings. The van der Waals surface area contributed by atoms with Crippen LogP contribution in [0.3, 0.4) is 0 Å². The van der Waals surface area contributed by atoms with Gasteiger partial charge in [0.1, 0.15) is 12.1 Å². The number of hydrogen-bond donors (Lipinski definition) is 1. The van der Waals surface area contributed by atoms with Gasteiger partial charge >= 0.3 is 0 Å². The van der Waals surface area contributed by atoms with E-state index in [0.717, 1.165) is 12.1 Å². The maximum Gasteiger partial charge on any atom is 0.242 e. The van der Waals surface area contributed by atoms with E-state index in [1.54, 1.807) is 0 Å². The Labute approximate surface area is 141 Å². The summed E-state index contributed by atoms with van der Waals surface area (Å²) >= 11 is 5.90. The summed E-state index contributed by atoms with van der Waals surface area (Å²) in [5.41, 5.74) is 1.05. The highest BCUT2D eigenvalue weighted by molar-refractivity contribution is 6.30. The largest absolute Gasteiger partial charge is 0.378 e.